The summed E-state index contributed by atoms with van der Waals surface area (Å²) < 4.78 is 6.83. The van der Waals surface area contributed by atoms with Crippen LogP contribution in [-0.2, 0) is 17.9 Å². The first-order valence-electron chi connectivity index (χ1n) is 12.0. The molecule has 34 heavy (non-hydrogen) atoms. The summed E-state index contributed by atoms with van der Waals surface area (Å²) in [7, 11) is 1.58. The van der Waals surface area contributed by atoms with Crippen LogP contribution in [0.15, 0.2) is 30.3 Å². The van der Waals surface area contributed by atoms with Crippen LogP contribution in [0.25, 0.3) is 0 Å². The second kappa shape index (κ2) is 9.87. The number of para-hydroxylation sites is 1. The van der Waals surface area contributed by atoms with Crippen LogP contribution in [0.2, 0.25) is 0 Å². The molecule has 2 aromatic rings. The van der Waals surface area contributed by atoms with E-state index in [2.05, 4.69) is 15.7 Å². The monoisotopic (exact) mass is 467 g/mol. The Hall–Kier alpha value is -3.36. The van der Waals surface area contributed by atoms with Gasteiger partial charge in [0.25, 0.3) is 11.8 Å². The second-order valence-electron chi connectivity index (χ2n) is 9.25. The molecule has 1 atom stereocenters. The van der Waals surface area contributed by atoms with Gasteiger partial charge in [0.2, 0.25) is 5.91 Å². The Bertz CT molecular complexity index is 1080. The molecular weight excluding hydrogens is 434 g/mol. The van der Waals surface area contributed by atoms with Crippen molar-refractivity contribution in [1.29, 1.82) is 0 Å². The fourth-order valence-corrected chi connectivity index (χ4v) is 4.85. The minimum absolute atomic E-state index is 0.148. The minimum Gasteiger partial charge on any atom is -0.496 e. The number of carbonyl (C=O) groups is 3. The molecule has 0 radical (unpaired) electrons. The lowest BCUT2D eigenvalue weighted by Gasteiger charge is -2.43. The van der Waals surface area contributed by atoms with E-state index in [4.69, 9.17) is 4.74 Å². The van der Waals surface area contributed by atoms with Gasteiger partial charge in [-0.15, -0.1) is 0 Å². The van der Waals surface area contributed by atoms with Gasteiger partial charge in [0.1, 0.15) is 17.0 Å². The molecule has 9 nitrogen and oxygen atoms in total. The molecule has 2 heterocycles. The first kappa shape index (κ1) is 23.8. The van der Waals surface area contributed by atoms with Crippen LogP contribution in [-0.4, -0.2) is 57.6 Å². The number of benzene rings is 1. The van der Waals surface area contributed by atoms with Crippen molar-refractivity contribution in [3.8, 4) is 5.75 Å². The van der Waals surface area contributed by atoms with Gasteiger partial charge in [0.15, 0.2) is 5.69 Å². The van der Waals surface area contributed by atoms with E-state index in [1.165, 1.54) is 10.7 Å². The number of nitrogens with zero attached hydrogens (tertiary/aromatic N) is 3. The predicted molar refractivity (Wildman–Crippen MR) is 127 cm³/mol. The standard InChI is InChI=1S/C25H33N5O4/c1-4-13-29-23(32)20-14-19(22(31)26-15-17-9-5-8-12-21(17)34-3)28-30(20)16-25(29,2)24(33)27-18-10-6-7-11-18/h5,8-9,12,14,18H,4,6-7,10-11,13,15-16H2,1-3H3,(H,26,31)(H,27,33)/t25-/m1/s1. The average molecular weight is 468 g/mol. The molecule has 0 saturated heterocycles. The molecule has 182 valence electrons. The highest BCUT2D eigenvalue weighted by Crippen LogP contribution is 2.29. The minimum atomic E-state index is -1.07. The van der Waals surface area contributed by atoms with Crippen LogP contribution in [0.4, 0.5) is 0 Å². The van der Waals surface area contributed by atoms with Crippen molar-refractivity contribution >= 4 is 17.7 Å². The molecule has 3 amide bonds. The molecule has 0 bridgehead atoms. The number of amides is 3. The summed E-state index contributed by atoms with van der Waals surface area (Å²) in [6, 6.07) is 9.10. The maximum absolute atomic E-state index is 13.4. The molecule has 1 aromatic heterocycles. The van der Waals surface area contributed by atoms with E-state index in [1.54, 1.807) is 18.9 Å². The predicted octanol–water partition coefficient (Wildman–Crippen LogP) is 2.51. The van der Waals surface area contributed by atoms with Gasteiger partial charge in [-0.1, -0.05) is 38.0 Å². The lowest BCUT2D eigenvalue weighted by molar-refractivity contribution is -0.133. The van der Waals surface area contributed by atoms with E-state index in [0.717, 1.165) is 37.7 Å². The van der Waals surface area contributed by atoms with Crippen molar-refractivity contribution in [2.75, 3.05) is 13.7 Å². The maximum Gasteiger partial charge on any atom is 0.273 e. The molecule has 4 rings (SSSR count). The number of hydrogen-bond donors (Lipinski definition) is 2. The summed E-state index contributed by atoms with van der Waals surface area (Å²) in [4.78, 5) is 41.2. The lowest BCUT2D eigenvalue weighted by Crippen LogP contribution is -2.65. The Morgan fingerprint density at radius 2 is 1.97 bits per heavy atom. The van der Waals surface area contributed by atoms with Gasteiger partial charge in [0, 0.05) is 30.8 Å². The fraction of sp³-hybridized carbons (Fsp3) is 0.520. The van der Waals surface area contributed by atoms with Gasteiger partial charge >= 0.3 is 0 Å². The van der Waals surface area contributed by atoms with Gasteiger partial charge in [0.05, 0.1) is 13.7 Å². The first-order chi connectivity index (χ1) is 16.4. The van der Waals surface area contributed by atoms with E-state index >= 15 is 0 Å². The molecule has 0 spiro atoms. The summed E-state index contributed by atoms with van der Waals surface area (Å²) in [6.45, 7) is 4.69. The molecule has 1 aliphatic heterocycles. The number of fused-ring (bicyclic) bond motifs is 1. The zero-order valence-electron chi connectivity index (χ0n) is 20.1. The fourth-order valence-electron chi connectivity index (χ4n) is 4.85. The smallest absolute Gasteiger partial charge is 0.273 e. The van der Waals surface area contributed by atoms with Crippen LogP contribution in [0.5, 0.6) is 5.75 Å². The Morgan fingerprint density at radius 1 is 1.24 bits per heavy atom. The molecule has 1 aromatic carbocycles. The average Bonchev–Trinajstić information content (AvgIpc) is 3.50. The summed E-state index contributed by atoms with van der Waals surface area (Å²) in [5.74, 6) is -0.154. The van der Waals surface area contributed by atoms with Crippen LogP contribution in [0.3, 0.4) is 0 Å². The summed E-state index contributed by atoms with van der Waals surface area (Å²) in [5.41, 5.74) is 0.237. The first-order valence-corrected chi connectivity index (χ1v) is 12.0. The zero-order valence-corrected chi connectivity index (χ0v) is 20.1. The molecule has 1 saturated carbocycles. The highest BCUT2D eigenvalue weighted by Gasteiger charge is 2.48. The van der Waals surface area contributed by atoms with Gasteiger partial charge in [-0.3, -0.25) is 19.1 Å². The topological polar surface area (TPSA) is 106 Å². The van der Waals surface area contributed by atoms with Crippen molar-refractivity contribution in [3.63, 3.8) is 0 Å². The van der Waals surface area contributed by atoms with E-state index in [0.29, 0.717) is 18.0 Å². The van der Waals surface area contributed by atoms with Crippen LogP contribution < -0.4 is 15.4 Å². The molecule has 1 aliphatic carbocycles. The highest BCUT2D eigenvalue weighted by molar-refractivity contribution is 6.02. The van der Waals surface area contributed by atoms with Gasteiger partial charge < -0.3 is 20.3 Å². The van der Waals surface area contributed by atoms with E-state index in [1.807, 2.05) is 31.2 Å². The second-order valence-corrected chi connectivity index (χ2v) is 9.25. The zero-order chi connectivity index (χ0) is 24.3. The molecule has 9 heteroatoms. The molecule has 1 fully saturated rings. The van der Waals surface area contributed by atoms with Crippen molar-refractivity contribution in [1.82, 2.24) is 25.3 Å². The molecule has 0 unspecified atom stereocenters. The van der Waals surface area contributed by atoms with Gasteiger partial charge in [-0.05, 0) is 32.3 Å². The number of methoxy groups -OCH3 is 1. The Kier molecular flexibility index (Phi) is 6.90. The quantitative estimate of drug-likeness (QED) is 0.621. The highest BCUT2D eigenvalue weighted by atomic mass is 16.5. The SMILES string of the molecule is CCCN1C(=O)c2cc(C(=O)NCc3ccccc3OC)nn2C[C@]1(C)C(=O)NC1CCCC1. The number of rotatable bonds is 8. The van der Waals surface area contributed by atoms with Crippen molar-refractivity contribution in [3.05, 3.63) is 47.3 Å². The summed E-state index contributed by atoms with van der Waals surface area (Å²) >= 11 is 0. The van der Waals surface area contributed by atoms with Crippen molar-refractivity contribution < 1.29 is 19.1 Å². The normalized spacial score (nSPS) is 20.2. The number of nitrogens with one attached hydrogen (secondary N) is 2. The number of carbonyl (C=O) groups excluding carboxylic acids is 3. The lowest BCUT2D eigenvalue weighted by atomic mass is 9.94. The number of aromatic nitrogens is 2. The Labute approximate surface area is 199 Å². The van der Waals surface area contributed by atoms with Gasteiger partial charge in [-0.25, -0.2) is 0 Å². The van der Waals surface area contributed by atoms with Crippen molar-refractivity contribution in [2.45, 2.75) is 70.6 Å². The van der Waals surface area contributed by atoms with E-state index in [-0.39, 0.29) is 42.5 Å². The third-order valence-corrected chi connectivity index (χ3v) is 6.79. The van der Waals surface area contributed by atoms with Crippen LogP contribution in [0.1, 0.15) is 72.5 Å². The maximum atomic E-state index is 13.4. The van der Waals surface area contributed by atoms with Gasteiger partial charge in [-0.2, -0.15) is 5.10 Å². The largest absolute Gasteiger partial charge is 0.496 e. The third-order valence-electron chi connectivity index (χ3n) is 6.79. The number of ether oxygens (including phenoxy) is 1. The van der Waals surface area contributed by atoms with Crippen molar-refractivity contribution in [2.24, 2.45) is 0 Å². The Morgan fingerprint density at radius 3 is 2.68 bits per heavy atom. The van der Waals surface area contributed by atoms with E-state index < -0.39 is 5.54 Å². The van der Waals surface area contributed by atoms with Crippen LogP contribution >= 0.6 is 0 Å². The van der Waals surface area contributed by atoms with E-state index in [9.17, 15) is 14.4 Å². The Balaban J connectivity index is 1.54. The molecular formula is C25H33N5O4. The third kappa shape index (κ3) is 4.51. The molecule has 2 N–H and O–H groups in total. The number of hydrogen-bond acceptors (Lipinski definition) is 5. The van der Waals surface area contributed by atoms with Crippen LogP contribution in [0, 0.1) is 0 Å². The summed E-state index contributed by atoms with van der Waals surface area (Å²) in [6.07, 6.45) is 4.87. The summed E-state index contributed by atoms with van der Waals surface area (Å²) in [5, 5.41) is 10.4. The molecule has 2 aliphatic rings.